The fourth-order valence-electron chi connectivity index (χ4n) is 2.11. The monoisotopic (exact) mass is 274 g/mol. The fraction of sp³-hybridized carbons (Fsp3) is 0.250. The van der Waals surface area contributed by atoms with Crippen molar-refractivity contribution >= 4 is 9.03 Å². The lowest BCUT2D eigenvalue weighted by Gasteiger charge is -2.12. The first kappa shape index (κ1) is 14.0. The van der Waals surface area contributed by atoms with Crippen LogP contribution in [0.5, 0.6) is 5.75 Å². The molecule has 0 radical (unpaired) electrons. The standard InChI is InChI=1S/C16H19O2P/c1-12-9-13(2)16(14(3)10-12)11-17-19-18-15-7-5-4-6-8-15/h4-10,19H,11H2,1-3H3. The molecule has 2 aromatic rings. The Morgan fingerprint density at radius 1 is 0.947 bits per heavy atom. The SMILES string of the molecule is Cc1cc(C)c(COPOc2ccccc2)c(C)c1. The third-order valence-electron chi connectivity index (χ3n) is 3.02. The van der Waals surface area contributed by atoms with Gasteiger partial charge < -0.3 is 9.05 Å². The first-order valence-electron chi connectivity index (χ1n) is 6.32. The molecule has 2 nitrogen and oxygen atoms in total. The van der Waals surface area contributed by atoms with Crippen LogP contribution in [0, 0.1) is 20.8 Å². The molecule has 1 atom stereocenters. The summed E-state index contributed by atoms with van der Waals surface area (Å²) in [6, 6.07) is 14.1. The van der Waals surface area contributed by atoms with Crippen molar-refractivity contribution in [1.82, 2.24) is 0 Å². The Labute approximate surface area is 116 Å². The van der Waals surface area contributed by atoms with Gasteiger partial charge in [0.05, 0.1) is 6.61 Å². The molecule has 0 spiro atoms. The molecule has 2 rings (SSSR count). The predicted octanol–water partition coefficient (Wildman–Crippen LogP) is 4.72. The first-order chi connectivity index (χ1) is 9.16. The van der Waals surface area contributed by atoms with Gasteiger partial charge in [0.2, 0.25) is 9.03 Å². The van der Waals surface area contributed by atoms with E-state index >= 15 is 0 Å². The van der Waals surface area contributed by atoms with Crippen LogP contribution in [0.2, 0.25) is 0 Å². The molecule has 0 amide bonds. The zero-order valence-corrected chi connectivity index (χ0v) is 12.6. The number of hydrogen-bond acceptors (Lipinski definition) is 2. The van der Waals surface area contributed by atoms with E-state index in [1.807, 2.05) is 30.3 Å². The zero-order chi connectivity index (χ0) is 13.7. The molecule has 0 N–H and O–H groups in total. The fourth-order valence-corrected chi connectivity index (χ4v) is 2.60. The minimum atomic E-state index is 0.0252. The van der Waals surface area contributed by atoms with E-state index in [1.165, 1.54) is 22.3 Å². The minimum Gasteiger partial charge on any atom is -0.450 e. The van der Waals surface area contributed by atoms with Gasteiger partial charge in [-0.3, -0.25) is 0 Å². The summed E-state index contributed by atoms with van der Waals surface area (Å²) in [7, 11) is 0.0252. The number of rotatable bonds is 5. The zero-order valence-electron chi connectivity index (χ0n) is 11.6. The van der Waals surface area contributed by atoms with Crippen molar-refractivity contribution in [1.29, 1.82) is 0 Å². The molecule has 1 unspecified atom stereocenters. The molecular weight excluding hydrogens is 255 g/mol. The molecular formula is C16H19O2P. The lowest BCUT2D eigenvalue weighted by Crippen LogP contribution is -1.96. The molecule has 0 saturated carbocycles. The summed E-state index contributed by atoms with van der Waals surface area (Å²) in [5.74, 6) is 0.846. The Bertz CT molecular complexity index is 515. The highest BCUT2D eigenvalue weighted by molar-refractivity contribution is 7.26. The molecule has 0 aromatic heterocycles. The summed E-state index contributed by atoms with van der Waals surface area (Å²) in [6.07, 6.45) is 0. The number of hydrogen-bond donors (Lipinski definition) is 0. The van der Waals surface area contributed by atoms with Gasteiger partial charge in [-0.2, -0.15) is 0 Å². The largest absolute Gasteiger partial charge is 0.450 e. The molecule has 2 aromatic carbocycles. The van der Waals surface area contributed by atoms with Crippen LogP contribution in [0.1, 0.15) is 22.3 Å². The molecule has 0 aliphatic carbocycles. The summed E-state index contributed by atoms with van der Waals surface area (Å²) < 4.78 is 11.2. The van der Waals surface area contributed by atoms with E-state index in [0.29, 0.717) is 6.61 Å². The summed E-state index contributed by atoms with van der Waals surface area (Å²) >= 11 is 0. The second-order valence-electron chi connectivity index (χ2n) is 4.66. The second-order valence-corrected chi connectivity index (χ2v) is 5.32. The van der Waals surface area contributed by atoms with Gasteiger partial charge in [0.15, 0.2) is 0 Å². The molecule has 0 aliphatic heterocycles. The van der Waals surface area contributed by atoms with E-state index in [1.54, 1.807) is 0 Å². The molecule has 3 heteroatoms. The van der Waals surface area contributed by atoms with E-state index in [0.717, 1.165) is 5.75 Å². The maximum Gasteiger partial charge on any atom is 0.215 e. The summed E-state index contributed by atoms with van der Waals surface area (Å²) in [5.41, 5.74) is 5.11. The third kappa shape index (κ3) is 4.05. The van der Waals surface area contributed by atoms with Gasteiger partial charge in [-0.05, 0) is 49.6 Å². The summed E-state index contributed by atoms with van der Waals surface area (Å²) in [5, 5.41) is 0. The highest BCUT2D eigenvalue weighted by atomic mass is 31.1. The first-order valence-corrected chi connectivity index (χ1v) is 7.14. The van der Waals surface area contributed by atoms with Gasteiger partial charge in [-0.1, -0.05) is 35.9 Å². The van der Waals surface area contributed by atoms with Gasteiger partial charge in [0, 0.05) is 0 Å². The van der Waals surface area contributed by atoms with Crippen molar-refractivity contribution < 1.29 is 9.05 Å². The molecule has 19 heavy (non-hydrogen) atoms. The van der Waals surface area contributed by atoms with E-state index in [9.17, 15) is 0 Å². The lowest BCUT2D eigenvalue weighted by molar-refractivity contribution is 0.317. The molecule has 0 saturated heterocycles. The topological polar surface area (TPSA) is 18.5 Å². The van der Waals surface area contributed by atoms with E-state index < -0.39 is 0 Å². The van der Waals surface area contributed by atoms with Crippen molar-refractivity contribution in [2.75, 3.05) is 0 Å². The summed E-state index contributed by atoms with van der Waals surface area (Å²) in [4.78, 5) is 0. The quantitative estimate of drug-likeness (QED) is 0.580. The van der Waals surface area contributed by atoms with Crippen LogP contribution in [0.15, 0.2) is 42.5 Å². The van der Waals surface area contributed by atoms with Crippen LogP contribution in [0.4, 0.5) is 0 Å². The Morgan fingerprint density at radius 2 is 1.58 bits per heavy atom. The average molecular weight is 274 g/mol. The van der Waals surface area contributed by atoms with Crippen molar-refractivity contribution in [3.05, 3.63) is 64.7 Å². The van der Waals surface area contributed by atoms with E-state index in [4.69, 9.17) is 9.05 Å². The molecule has 0 aliphatic rings. The van der Waals surface area contributed by atoms with Crippen LogP contribution in [-0.2, 0) is 11.1 Å². The Balaban J connectivity index is 1.86. The van der Waals surface area contributed by atoms with Gasteiger partial charge >= 0.3 is 0 Å². The Kier molecular flexibility index (Phi) is 4.95. The van der Waals surface area contributed by atoms with Gasteiger partial charge in [-0.25, -0.2) is 0 Å². The van der Waals surface area contributed by atoms with Crippen LogP contribution < -0.4 is 4.52 Å². The van der Waals surface area contributed by atoms with Gasteiger partial charge in [0.25, 0.3) is 0 Å². The third-order valence-corrected chi connectivity index (χ3v) is 3.60. The van der Waals surface area contributed by atoms with Gasteiger partial charge in [-0.15, -0.1) is 0 Å². The summed E-state index contributed by atoms with van der Waals surface area (Å²) in [6.45, 7) is 6.97. The number of para-hydroxylation sites is 1. The Hall–Kier alpha value is -1.37. The van der Waals surface area contributed by atoms with Crippen molar-refractivity contribution in [3.8, 4) is 5.75 Å². The Morgan fingerprint density at radius 3 is 2.21 bits per heavy atom. The lowest BCUT2D eigenvalue weighted by atomic mass is 10.0. The van der Waals surface area contributed by atoms with Crippen LogP contribution in [0.3, 0.4) is 0 Å². The number of benzene rings is 2. The molecule has 100 valence electrons. The van der Waals surface area contributed by atoms with Crippen molar-refractivity contribution in [2.24, 2.45) is 0 Å². The smallest absolute Gasteiger partial charge is 0.215 e. The maximum absolute atomic E-state index is 5.63. The highest BCUT2D eigenvalue weighted by Gasteiger charge is 2.04. The maximum atomic E-state index is 5.63. The van der Waals surface area contributed by atoms with Crippen LogP contribution >= 0.6 is 9.03 Å². The van der Waals surface area contributed by atoms with Crippen LogP contribution in [-0.4, -0.2) is 0 Å². The second kappa shape index (κ2) is 6.70. The van der Waals surface area contributed by atoms with Gasteiger partial charge in [0.1, 0.15) is 5.75 Å². The van der Waals surface area contributed by atoms with Crippen molar-refractivity contribution in [2.45, 2.75) is 27.4 Å². The predicted molar refractivity (Wildman–Crippen MR) is 80.8 cm³/mol. The molecule has 0 bridgehead atoms. The number of aryl methyl sites for hydroxylation is 3. The minimum absolute atomic E-state index is 0.0252. The molecule has 0 fully saturated rings. The van der Waals surface area contributed by atoms with Crippen LogP contribution in [0.25, 0.3) is 0 Å². The average Bonchev–Trinajstić information content (AvgIpc) is 2.38. The van der Waals surface area contributed by atoms with E-state index in [2.05, 4.69) is 32.9 Å². The normalized spacial score (nSPS) is 11.1. The highest BCUT2D eigenvalue weighted by Crippen LogP contribution is 2.24. The molecule has 0 heterocycles. The van der Waals surface area contributed by atoms with Crippen molar-refractivity contribution in [3.63, 3.8) is 0 Å². The van der Waals surface area contributed by atoms with E-state index in [-0.39, 0.29) is 9.03 Å².